The molecule has 0 saturated heterocycles. The van der Waals surface area contributed by atoms with E-state index in [4.69, 9.17) is 10.2 Å². The first-order valence-electron chi connectivity index (χ1n) is 4.09. The molecule has 0 spiro atoms. The third kappa shape index (κ3) is 2.93. The number of hydrogen-bond donors (Lipinski definition) is 2. The Morgan fingerprint density at radius 3 is 2.87 bits per heavy atom. The topological polar surface area (TPSA) is 96.5 Å². The second-order valence-electron chi connectivity index (χ2n) is 2.57. The predicted octanol–water partition coefficient (Wildman–Crippen LogP) is 0.429. The normalized spacial score (nSPS) is 9.13. The average molecular weight is 208 g/mol. The molecule has 2 N–H and O–H groups in total. The molecular weight excluding hydrogens is 200 g/mol. The number of nitrogens with zero attached hydrogens (tertiary/aromatic N) is 2. The quantitative estimate of drug-likeness (QED) is 0.417. The molecule has 0 aliphatic rings. The molecule has 1 aromatic heterocycles. The lowest BCUT2D eigenvalue weighted by molar-refractivity contribution is -0.390. The summed E-state index contributed by atoms with van der Waals surface area (Å²) in [5.41, 5.74) is 0.188. The van der Waals surface area contributed by atoms with Crippen molar-refractivity contribution in [2.24, 2.45) is 0 Å². The predicted molar refractivity (Wildman–Crippen MR) is 51.1 cm³/mol. The van der Waals surface area contributed by atoms with E-state index >= 15 is 0 Å². The monoisotopic (exact) mass is 208 g/mol. The third-order valence-corrected chi connectivity index (χ3v) is 1.48. The molecular formula is C9H8N2O4. The van der Waals surface area contributed by atoms with Gasteiger partial charge in [0, 0.05) is 12.5 Å². The Labute approximate surface area is 85.4 Å². The standard InChI is InChI=1S/C9H8N2O4/c12-6-2-1-3-7-4-5-8(13)9(10-7)11(14)15/h4-5,12-13H,2,6H2. The number of aliphatic hydroxyl groups is 1. The molecule has 0 fully saturated rings. The van der Waals surface area contributed by atoms with Crippen LogP contribution in [0.4, 0.5) is 5.82 Å². The molecule has 0 atom stereocenters. The summed E-state index contributed by atoms with van der Waals surface area (Å²) in [6.07, 6.45) is 0.274. The molecule has 1 heterocycles. The number of aliphatic hydroxyl groups excluding tert-OH is 1. The van der Waals surface area contributed by atoms with Gasteiger partial charge in [0.25, 0.3) is 0 Å². The van der Waals surface area contributed by atoms with Crippen LogP contribution in [0, 0.1) is 22.0 Å². The summed E-state index contributed by atoms with van der Waals surface area (Å²) in [7, 11) is 0. The molecule has 0 bridgehead atoms. The van der Waals surface area contributed by atoms with Crippen LogP contribution in [-0.2, 0) is 0 Å². The molecule has 78 valence electrons. The first kappa shape index (κ1) is 10.9. The Hall–Kier alpha value is -2.13. The maximum atomic E-state index is 10.4. The van der Waals surface area contributed by atoms with E-state index in [9.17, 15) is 10.1 Å². The van der Waals surface area contributed by atoms with E-state index in [-0.39, 0.29) is 18.7 Å². The molecule has 0 unspecified atom stereocenters. The van der Waals surface area contributed by atoms with E-state index in [0.717, 1.165) is 6.07 Å². The van der Waals surface area contributed by atoms with Gasteiger partial charge in [0.1, 0.15) is 0 Å². The third-order valence-electron chi connectivity index (χ3n) is 1.48. The minimum absolute atomic E-state index is 0.0762. The zero-order chi connectivity index (χ0) is 11.3. The summed E-state index contributed by atoms with van der Waals surface area (Å²) in [4.78, 5) is 13.2. The lowest BCUT2D eigenvalue weighted by atomic mass is 10.3. The van der Waals surface area contributed by atoms with Crippen LogP contribution in [0.1, 0.15) is 12.1 Å². The van der Waals surface area contributed by atoms with Gasteiger partial charge in [-0.15, -0.1) is 0 Å². The first-order chi connectivity index (χ1) is 7.15. The van der Waals surface area contributed by atoms with Crippen molar-refractivity contribution < 1.29 is 15.1 Å². The molecule has 6 nitrogen and oxygen atoms in total. The maximum Gasteiger partial charge on any atom is 0.407 e. The van der Waals surface area contributed by atoms with Crippen molar-refractivity contribution in [1.82, 2.24) is 4.98 Å². The van der Waals surface area contributed by atoms with Gasteiger partial charge in [-0.05, 0) is 21.9 Å². The van der Waals surface area contributed by atoms with Gasteiger partial charge < -0.3 is 20.3 Å². The fourth-order valence-electron chi connectivity index (χ4n) is 0.854. The van der Waals surface area contributed by atoms with Crippen molar-refractivity contribution in [3.05, 3.63) is 27.9 Å². The van der Waals surface area contributed by atoms with Crippen molar-refractivity contribution in [2.75, 3.05) is 6.61 Å². The SMILES string of the molecule is O=[N+]([O-])c1nc(C#CCCO)ccc1O. The zero-order valence-corrected chi connectivity index (χ0v) is 7.67. The van der Waals surface area contributed by atoms with E-state index in [1.165, 1.54) is 6.07 Å². The summed E-state index contributed by atoms with van der Waals surface area (Å²) < 4.78 is 0. The van der Waals surface area contributed by atoms with Gasteiger partial charge >= 0.3 is 5.82 Å². The Morgan fingerprint density at radius 2 is 2.27 bits per heavy atom. The van der Waals surface area contributed by atoms with E-state index in [1.54, 1.807) is 0 Å². The molecule has 0 saturated carbocycles. The van der Waals surface area contributed by atoms with Crippen molar-refractivity contribution in [2.45, 2.75) is 6.42 Å². The van der Waals surface area contributed by atoms with Crippen LogP contribution in [0.15, 0.2) is 12.1 Å². The number of pyridine rings is 1. The highest BCUT2D eigenvalue weighted by Gasteiger charge is 2.15. The second kappa shape index (κ2) is 4.93. The largest absolute Gasteiger partial charge is 0.501 e. The van der Waals surface area contributed by atoms with Crippen LogP contribution in [-0.4, -0.2) is 26.7 Å². The minimum atomic E-state index is -0.785. The highest BCUT2D eigenvalue weighted by molar-refractivity contribution is 5.42. The smallest absolute Gasteiger partial charge is 0.407 e. The molecule has 0 amide bonds. The minimum Gasteiger partial charge on any atom is -0.501 e. The zero-order valence-electron chi connectivity index (χ0n) is 7.67. The van der Waals surface area contributed by atoms with E-state index in [2.05, 4.69) is 16.8 Å². The van der Waals surface area contributed by atoms with E-state index in [1.807, 2.05) is 0 Å². The number of hydrogen-bond acceptors (Lipinski definition) is 5. The summed E-state index contributed by atoms with van der Waals surface area (Å²) >= 11 is 0. The Morgan fingerprint density at radius 1 is 1.53 bits per heavy atom. The van der Waals surface area contributed by atoms with Gasteiger partial charge in [0.2, 0.25) is 11.4 Å². The van der Waals surface area contributed by atoms with Gasteiger partial charge in [-0.1, -0.05) is 5.92 Å². The summed E-state index contributed by atoms with van der Waals surface area (Å²) in [6, 6.07) is 2.53. The fraction of sp³-hybridized carbons (Fsp3) is 0.222. The van der Waals surface area contributed by atoms with E-state index in [0.29, 0.717) is 0 Å². The lowest BCUT2D eigenvalue weighted by Crippen LogP contribution is -1.94. The number of aromatic nitrogens is 1. The molecule has 0 radical (unpaired) electrons. The molecule has 0 aliphatic heterocycles. The summed E-state index contributed by atoms with van der Waals surface area (Å²) in [5, 5.41) is 27.9. The lowest BCUT2D eigenvalue weighted by Gasteiger charge is -1.94. The van der Waals surface area contributed by atoms with Gasteiger partial charge in [-0.25, -0.2) is 0 Å². The Kier molecular flexibility index (Phi) is 3.60. The number of nitro groups is 1. The average Bonchev–Trinajstić information content (AvgIpc) is 2.20. The van der Waals surface area contributed by atoms with Crippen LogP contribution < -0.4 is 0 Å². The van der Waals surface area contributed by atoms with Crippen molar-refractivity contribution in [3.63, 3.8) is 0 Å². The molecule has 1 rings (SSSR count). The Bertz CT molecular complexity index is 433. The number of rotatable bonds is 2. The Balaban J connectivity index is 2.99. The van der Waals surface area contributed by atoms with Crippen LogP contribution in [0.3, 0.4) is 0 Å². The van der Waals surface area contributed by atoms with E-state index < -0.39 is 16.5 Å². The van der Waals surface area contributed by atoms with Crippen molar-refractivity contribution >= 4 is 5.82 Å². The summed E-state index contributed by atoms with van der Waals surface area (Å²) in [6.45, 7) is -0.0762. The molecule has 1 aromatic rings. The van der Waals surface area contributed by atoms with Crippen LogP contribution in [0.2, 0.25) is 0 Å². The van der Waals surface area contributed by atoms with Crippen LogP contribution in [0.5, 0.6) is 5.75 Å². The molecule has 15 heavy (non-hydrogen) atoms. The van der Waals surface area contributed by atoms with Gasteiger partial charge in [0.05, 0.1) is 6.61 Å². The van der Waals surface area contributed by atoms with Crippen molar-refractivity contribution in [1.29, 1.82) is 0 Å². The molecule has 0 aromatic carbocycles. The maximum absolute atomic E-state index is 10.4. The van der Waals surface area contributed by atoms with Gasteiger partial charge in [0.15, 0.2) is 0 Å². The van der Waals surface area contributed by atoms with Gasteiger partial charge in [-0.3, -0.25) is 0 Å². The highest BCUT2D eigenvalue weighted by Crippen LogP contribution is 2.21. The second-order valence-corrected chi connectivity index (χ2v) is 2.57. The number of aromatic hydroxyl groups is 1. The van der Waals surface area contributed by atoms with Crippen molar-refractivity contribution in [3.8, 4) is 17.6 Å². The molecule has 0 aliphatic carbocycles. The summed E-state index contributed by atoms with van der Waals surface area (Å²) in [5.74, 6) is 3.99. The fourth-order valence-corrected chi connectivity index (χ4v) is 0.854. The van der Waals surface area contributed by atoms with Gasteiger partial charge in [-0.2, -0.15) is 0 Å². The first-order valence-corrected chi connectivity index (χ1v) is 4.09. The van der Waals surface area contributed by atoms with Crippen LogP contribution in [0.25, 0.3) is 0 Å². The molecule has 6 heteroatoms. The van der Waals surface area contributed by atoms with Crippen LogP contribution >= 0.6 is 0 Å². The highest BCUT2D eigenvalue weighted by atomic mass is 16.6.